The minimum absolute atomic E-state index is 0.123. The molecular formula is C14H19N3O2S. The molecule has 0 radical (unpaired) electrons. The molecule has 6 heteroatoms. The van der Waals surface area contributed by atoms with E-state index in [4.69, 9.17) is 12.2 Å². The van der Waals surface area contributed by atoms with Crippen LogP contribution in [-0.4, -0.2) is 24.0 Å². The van der Waals surface area contributed by atoms with Crippen LogP contribution in [-0.2, 0) is 4.79 Å². The Labute approximate surface area is 124 Å². The van der Waals surface area contributed by atoms with Gasteiger partial charge in [-0.25, -0.2) is 0 Å². The molecule has 0 aliphatic rings. The Kier molecular flexibility index (Phi) is 6.66. The van der Waals surface area contributed by atoms with Crippen LogP contribution >= 0.6 is 12.2 Å². The van der Waals surface area contributed by atoms with Gasteiger partial charge in [0.25, 0.3) is 5.91 Å². The molecule has 20 heavy (non-hydrogen) atoms. The Balaban J connectivity index is 2.66. The minimum atomic E-state index is -0.215. The van der Waals surface area contributed by atoms with Crippen molar-refractivity contribution in [2.75, 3.05) is 12.4 Å². The minimum Gasteiger partial charge on any atom is -0.355 e. The number of unbranched alkanes of at least 4 members (excludes halogenated alkanes) is 1. The first kappa shape index (κ1) is 16.1. The average molecular weight is 293 g/mol. The molecule has 0 atom stereocenters. The zero-order chi connectivity index (χ0) is 15.0. The van der Waals surface area contributed by atoms with Crippen LogP contribution in [0.15, 0.2) is 24.3 Å². The number of benzene rings is 1. The van der Waals surface area contributed by atoms with Crippen molar-refractivity contribution in [2.24, 2.45) is 0 Å². The summed E-state index contributed by atoms with van der Waals surface area (Å²) >= 11 is 5.07. The number of amides is 2. The molecule has 0 spiro atoms. The van der Waals surface area contributed by atoms with E-state index in [1.165, 1.54) is 0 Å². The fourth-order valence-corrected chi connectivity index (χ4v) is 1.83. The highest BCUT2D eigenvalue weighted by Gasteiger charge is 2.11. The maximum Gasteiger partial charge on any atom is 0.253 e. The van der Waals surface area contributed by atoms with Crippen molar-refractivity contribution in [2.45, 2.75) is 26.2 Å². The van der Waals surface area contributed by atoms with Crippen LogP contribution in [0, 0.1) is 0 Å². The van der Waals surface area contributed by atoms with Gasteiger partial charge < -0.3 is 16.0 Å². The van der Waals surface area contributed by atoms with E-state index in [-0.39, 0.29) is 16.9 Å². The standard InChI is InChI=1S/C14H19N3O2S/c1-3-4-9-12(18)17-14(20)16-11-8-6-5-7-10(11)13(19)15-2/h5-8H,3-4,9H2,1-2H3,(H,15,19)(H2,16,17,18,20). The number of nitrogens with one attached hydrogen (secondary N) is 3. The first-order chi connectivity index (χ1) is 9.58. The molecule has 1 rings (SSSR count). The van der Waals surface area contributed by atoms with Gasteiger partial charge in [-0.15, -0.1) is 0 Å². The highest BCUT2D eigenvalue weighted by molar-refractivity contribution is 7.80. The number of anilines is 1. The Hall–Kier alpha value is -1.95. The zero-order valence-corrected chi connectivity index (χ0v) is 12.5. The molecule has 0 saturated carbocycles. The molecule has 1 aromatic carbocycles. The van der Waals surface area contributed by atoms with E-state index in [1.807, 2.05) is 6.92 Å². The first-order valence-corrected chi connectivity index (χ1v) is 6.91. The van der Waals surface area contributed by atoms with Crippen LogP contribution in [0.5, 0.6) is 0 Å². The molecule has 1 aromatic rings. The van der Waals surface area contributed by atoms with Crippen LogP contribution < -0.4 is 16.0 Å². The van der Waals surface area contributed by atoms with Gasteiger partial charge in [-0.1, -0.05) is 25.5 Å². The smallest absolute Gasteiger partial charge is 0.253 e. The first-order valence-electron chi connectivity index (χ1n) is 6.50. The van der Waals surface area contributed by atoms with Gasteiger partial charge in [0.05, 0.1) is 11.3 Å². The summed E-state index contributed by atoms with van der Waals surface area (Å²) in [5.41, 5.74) is 1.03. The van der Waals surface area contributed by atoms with Crippen molar-refractivity contribution in [1.29, 1.82) is 0 Å². The van der Waals surface area contributed by atoms with Crippen molar-refractivity contribution >= 4 is 34.8 Å². The van der Waals surface area contributed by atoms with E-state index in [0.717, 1.165) is 12.8 Å². The van der Waals surface area contributed by atoms with Crippen molar-refractivity contribution < 1.29 is 9.59 Å². The molecule has 0 heterocycles. The molecule has 0 unspecified atom stereocenters. The molecule has 5 nitrogen and oxygen atoms in total. The van der Waals surface area contributed by atoms with E-state index in [2.05, 4.69) is 16.0 Å². The summed E-state index contributed by atoms with van der Waals surface area (Å²) in [6.07, 6.45) is 2.21. The summed E-state index contributed by atoms with van der Waals surface area (Å²) in [5, 5.41) is 8.22. The van der Waals surface area contributed by atoms with Crippen LogP contribution in [0.3, 0.4) is 0 Å². The molecule has 0 saturated heterocycles. The van der Waals surface area contributed by atoms with E-state index < -0.39 is 0 Å². The lowest BCUT2D eigenvalue weighted by Gasteiger charge is -2.12. The third-order valence-corrected chi connectivity index (χ3v) is 2.86. The fraction of sp³-hybridized carbons (Fsp3) is 0.357. The Morgan fingerprint density at radius 1 is 1.25 bits per heavy atom. The molecule has 0 fully saturated rings. The quantitative estimate of drug-likeness (QED) is 0.727. The van der Waals surface area contributed by atoms with Gasteiger partial charge in [-0.2, -0.15) is 0 Å². The van der Waals surface area contributed by atoms with Crippen molar-refractivity contribution in [3.63, 3.8) is 0 Å². The monoisotopic (exact) mass is 293 g/mol. The number of hydrogen-bond acceptors (Lipinski definition) is 3. The fourth-order valence-electron chi connectivity index (χ4n) is 1.60. The lowest BCUT2D eigenvalue weighted by molar-refractivity contribution is -0.119. The van der Waals surface area contributed by atoms with Gasteiger partial charge in [-0.3, -0.25) is 9.59 Å². The van der Waals surface area contributed by atoms with E-state index >= 15 is 0 Å². The van der Waals surface area contributed by atoms with Gasteiger partial charge in [0.1, 0.15) is 0 Å². The van der Waals surface area contributed by atoms with E-state index in [1.54, 1.807) is 31.3 Å². The van der Waals surface area contributed by atoms with E-state index in [9.17, 15) is 9.59 Å². The molecule has 0 aliphatic heterocycles. The second-order valence-corrected chi connectivity index (χ2v) is 4.64. The molecule has 108 valence electrons. The summed E-state index contributed by atoms with van der Waals surface area (Å²) in [5.74, 6) is -0.338. The normalized spacial score (nSPS) is 9.70. The number of thiocarbonyl (C=S) groups is 1. The SMILES string of the molecule is CCCCC(=O)NC(=S)Nc1ccccc1C(=O)NC. The predicted octanol–water partition coefficient (Wildman–Crippen LogP) is 2.05. The van der Waals surface area contributed by atoms with Crippen molar-refractivity contribution in [3.8, 4) is 0 Å². The van der Waals surface area contributed by atoms with Gasteiger partial charge in [-0.05, 0) is 30.8 Å². The van der Waals surface area contributed by atoms with Gasteiger partial charge in [0.15, 0.2) is 5.11 Å². The van der Waals surface area contributed by atoms with Crippen LogP contribution in [0.25, 0.3) is 0 Å². The summed E-state index contributed by atoms with van der Waals surface area (Å²) in [6, 6.07) is 6.96. The van der Waals surface area contributed by atoms with Gasteiger partial charge in [0.2, 0.25) is 5.91 Å². The molecule has 2 amide bonds. The van der Waals surface area contributed by atoms with Gasteiger partial charge in [0, 0.05) is 13.5 Å². The highest BCUT2D eigenvalue weighted by atomic mass is 32.1. The second kappa shape index (κ2) is 8.27. The highest BCUT2D eigenvalue weighted by Crippen LogP contribution is 2.14. The van der Waals surface area contributed by atoms with E-state index in [0.29, 0.717) is 17.7 Å². The number of carbonyl (C=O) groups excluding carboxylic acids is 2. The molecule has 3 N–H and O–H groups in total. The Morgan fingerprint density at radius 2 is 1.95 bits per heavy atom. The summed E-state index contributed by atoms with van der Waals surface area (Å²) in [6.45, 7) is 2.02. The molecule has 0 aliphatic carbocycles. The summed E-state index contributed by atoms with van der Waals surface area (Å²) < 4.78 is 0. The number of carbonyl (C=O) groups is 2. The summed E-state index contributed by atoms with van der Waals surface area (Å²) in [7, 11) is 1.56. The number of hydrogen-bond donors (Lipinski definition) is 3. The van der Waals surface area contributed by atoms with Crippen LogP contribution in [0.1, 0.15) is 36.5 Å². The average Bonchev–Trinajstić information content (AvgIpc) is 2.44. The number of para-hydroxylation sites is 1. The molecular weight excluding hydrogens is 274 g/mol. The van der Waals surface area contributed by atoms with Crippen molar-refractivity contribution in [3.05, 3.63) is 29.8 Å². The number of rotatable bonds is 5. The third kappa shape index (κ3) is 4.97. The summed E-state index contributed by atoms with van der Waals surface area (Å²) in [4.78, 5) is 23.3. The topological polar surface area (TPSA) is 70.2 Å². The second-order valence-electron chi connectivity index (χ2n) is 4.23. The zero-order valence-electron chi connectivity index (χ0n) is 11.7. The predicted molar refractivity (Wildman–Crippen MR) is 83.7 cm³/mol. The molecule has 0 aromatic heterocycles. The van der Waals surface area contributed by atoms with Crippen LogP contribution in [0.2, 0.25) is 0 Å². The molecule has 0 bridgehead atoms. The Morgan fingerprint density at radius 3 is 2.60 bits per heavy atom. The Bertz CT molecular complexity index is 503. The maximum atomic E-state index is 11.7. The third-order valence-electron chi connectivity index (χ3n) is 2.66. The largest absolute Gasteiger partial charge is 0.355 e. The van der Waals surface area contributed by atoms with Crippen molar-refractivity contribution in [1.82, 2.24) is 10.6 Å². The lowest BCUT2D eigenvalue weighted by Crippen LogP contribution is -2.34. The lowest BCUT2D eigenvalue weighted by atomic mass is 10.1. The van der Waals surface area contributed by atoms with Crippen LogP contribution in [0.4, 0.5) is 5.69 Å². The van der Waals surface area contributed by atoms with Gasteiger partial charge >= 0.3 is 0 Å². The maximum absolute atomic E-state index is 11.7.